The fourth-order valence-corrected chi connectivity index (χ4v) is 5.04. The van der Waals surface area contributed by atoms with Crippen molar-refractivity contribution in [3.05, 3.63) is 48.3 Å². The Kier molecular flexibility index (Phi) is 4.75. The Morgan fingerprint density at radius 2 is 1.89 bits per heavy atom. The van der Waals surface area contributed by atoms with Crippen LogP contribution in [0.15, 0.2) is 47.5 Å². The number of pyridine rings is 1. The van der Waals surface area contributed by atoms with E-state index in [-0.39, 0.29) is 4.90 Å². The van der Waals surface area contributed by atoms with E-state index in [1.165, 1.54) is 0 Å². The van der Waals surface area contributed by atoms with Crippen LogP contribution in [0.3, 0.4) is 0 Å². The van der Waals surface area contributed by atoms with Crippen molar-refractivity contribution in [1.29, 1.82) is 0 Å². The van der Waals surface area contributed by atoms with E-state index in [0.29, 0.717) is 12.8 Å². The monoisotopic (exact) mass is 385 g/mol. The van der Waals surface area contributed by atoms with Gasteiger partial charge in [-0.2, -0.15) is 0 Å². The largest absolute Gasteiger partial charge is 0.391 e. The molecule has 0 saturated heterocycles. The number of benzene rings is 1. The molecule has 1 aliphatic rings. The molecule has 6 nitrogen and oxygen atoms in total. The summed E-state index contributed by atoms with van der Waals surface area (Å²) in [5, 5.41) is 11.0. The zero-order valence-electron chi connectivity index (χ0n) is 15.1. The van der Waals surface area contributed by atoms with Crippen molar-refractivity contribution in [2.24, 2.45) is 0 Å². The Morgan fingerprint density at radius 1 is 1.15 bits per heavy atom. The van der Waals surface area contributed by atoms with Crippen molar-refractivity contribution < 1.29 is 13.5 Å². The Morgan fingerprint density at radius 3 is 2.63 bits per heavy atom. The quantitative estimate of drug-likeness (QED) is 0.643. The van der Waals surface area contributed by atoms with E-state index in [9.17, 15) is 13.5 Å². The van der Waals surface area contributed by atoms with Crippen LogP contribution in [0.1, 0.15) is 31.4 Å². The third kappa shape index (κ3) is 3.63. The van der Waals surface area contributed by atoms with Crippen molar-refractivity contribution in [2.45, 2.75) is 49.6 Å². The number of nitrogens with one attached hydrogen (secondary N) is 2. The first-order chi connectivity index (χ1) is 12.9. The number of aromatic amines is 1. The molecule has 1 unspecified atom stereocenters. The van der Waals surface area contributed by atoms with E-state index in [1.807, 2.05) is 31.2 Å². The molecule has 0 aliphatic heterocycles. The maximum atomic E-state index is 12.7. The number of rotatable bonds is 4. The normalized spacial score (nSPS) is 20.8. The number of aryl methyl sites for hydroxylation is 1. The van der Waals surface area contributed by atoms with Crippen molar-refractivity contribution in [3.63, 3.8) is 0 Å². The van der Waals surface area contributed by atoms with E-state index in [4.69, 9.17) is 0 Å². The molecule has 1 saturated carbocycles. The molecule has 7 heteroatoms. The molecule has 142 valence electrons. The summed E-state index contributed by atoms with van der Waals surface area (Å²) in [4.78, 5) is 7.75. The van der Waals surface area contributed by atoms with Crippen LogP contribution in [0.2, 0.25) is 0 Å². The summed E-state index contributed by atoms with van der Waals surface area (Å²) in [5.74, 6) is 0. The lowest BCUT2D eigenvalue weighted by Crippen LogP contribution is -2.44. The molecule has 1 fully saturated rings. The van der Waals surface area contributed by atoms with Gasteiger partial charge in [0.25, 0.3) is 0 Å². The highest BCUT2D eigenvalue weighted by Crippen LogP contribution is 2.29. The molecular weight excluding hydrogens is 362 g/mol. The van der Waals surface area contributed by atoms with Crippen LogP contribution in [0.4, 0.5) is 0 Å². The van der Waals surface area contributed by atoms with Crippen molar-refractivity contribution >= 4 is 21.1 Å². The van der Waals surface area contributed by atoms with Gasteiger partial charge in [-0.15, -0.1) is 0 Å². The van der Waals surface area contributed by atoms with Gasteiger partial charge in [0.2, 0.25) is 10.0 Å². The number of sulfonamides is 1. The number of hydrogen-bond acceptors (Lipinski definition) is 4. The highest BCUT2D eigenvalue weighted by Gasteiger charge is 2.28. The van der Waals surface area contributed by atoms with E-state index in [0.717, 1.165) is 40.7 Å². The van der Waals surface area contributed by atoms with Crippen LogP contribution < -0.4 is 4.72 Å². The number of aromatic nitrogens is 2. The van der Waals surface area contributed by atoms with Gasteiger partial charge in [0.1, 0.15) is 5.65 Å². The molecule has 3 N–H and O–H groups in total. The third-order valence-electron chi connectivity index (χ3n) is 5.18. The van der Waals surface area contributed by atoms with Gasteiger partial charge in [0.05, 0.1) is 11.0 Å². The van der Waals surface area contributed by atoms with Crippen molar-refractivity contribution in [2.75, 3.05) is 0 Å². The summed E-state index contributed by atoms with van der Waals surface area (Å²) in [7, 11) is -3.66. The summed E-state index contributed by atoms with van der Waals surface area (Å²) in [6.07, 6.45) is 4.30. The summed E-state index contributed by atoms with van der Waals surface area (Å²) >= 11 is 0. The number of hydrogen-bond donors (Lipinski definition) is 3. The van der Waals surface area contributed by atoms with Crippen LogP contribution >= 0.6 is 0 Å². The minimum atomic E-state index is -3.66. The van der Waals surface area contributed by atoms with Gasteiger partial charge >= 0.3 is 0 Å². The molecule has 2 aromatic heterocycles. The second-order valence-corrected chi connectivity index (χ2v) is 8.89. The molecule has 0 amide bonds. The summed E-state index contributed by atoms with van der Waals surface area (Å²) in [6, 6.07) is 10.4. The van der Waals surface area contributed by atoms with Crippen LogP contribution in [-0.2, 0) is 10.0 Å². The second kappa shape index (κ2) is 7.07. The fraction of sp³-hybridized carbons (Fsp3) is 0.350. The Labute approximate surface area is 158 Å². The standard InChI is InChI=1S/C20H23N3O3S/c1-13-12-17-16(10-11-21-20(17)22-13)14-6-8-15(9-7-14)27(25,26)23-18-4-2-3-5-19(18)24/h6-12,18-19,23-24H,2-5H2,1H3,(H,21,22)/t18?,19-/m1/s1. The van der Waals surface area contributed by atoms with E-state index in [1.54, 1.807) is 18.3 Å². The summed E-state index contributed by atoms with van der Waals surface area (Å²) < 4.78 is 28.0. The number of nitrogens with zero attached hydrogens (tertiary/aromatic N) is 1. The van der Waals surface area contributed by atoms with Gasteiger partial charge in [-0.05, 0) is 55.2 Å². The molecule has 1 aromatic carbocycles. The number of aliphatic hydroxyl groups is 1. The summed E-state index contributed by atoms with van der Waals surface area (Å²) in [6.45, 7) is 1.98. The van der Waals surface area contributed by atoms with Crippen LogP contribution in [0.5, 0.6) is 0 Å². The van der Waals surface area contributed by atoms with Gasteiger partial charge < -0.3 is 10.1 Å². The van der Waals surface area contributed by atoms with Gasteiger partial charge in [0.15, 0.2) is 0 Å². The predicted molar refractivity (Wildman–Crippen MR) is 105 cm³/mol. The first-order valence-electron chi connectivity index (χ1n) is 9.19. The molecule has 2 atom stereocenters. The topological polar surface area (TPSA) is 95.1 Å². The van der Waals surface area contributed by atoms with Gasteiger partial charge in [-0.25, -0.2) is 18.1 Å². The lowest BCUT2D eigenvalue weighted by molar-refractivity contribution is 0.101. The minimum absolute atomic E-state index is 0.208. The average molecular weight is 385 g/mol. The number of H-pyrrole nitrogens is 1. The average Bonchev–Trinajstić information content (AvgIpc) is 3.04. The highest BCUT2D eigenvalue weighted by atomic mass is 32.2. The van der Waals surface area contributed by atoms with Crippen molar-refractivity contribution in [1.82, 2.24) is 14.7 Å². The van der Waals surface area contributed by atoms with Gasteiger partial charge in [-0.3, -0.25) is 0 Å². The second-order valence-electron chi connectivity index (χ2n) is 7.18. The number of fused-ring (bicyclic) bond motifs is 1. The molecule has 1 aliphatic carbocycles. The molecule has 4 rings (SSSR count). The zero-order valence-corrected chi connectivity index (χ0v) is 16.0. The SMILES string of the molecule is Cc1cc2c(-c3ccc(S(=O)(=O)NC4CCCC[C@H]4O)cc3)ccnc2[nH]1. The minimum Gasteiger partial charge on any atom is -0.391 e. The first kappa shape index (κ1) is 18.2. The Hall–Kier alpha value is -2.22. The van der Waals surface area contributed by atoms with E-state index < -0.39 is 22.2 Å². The highest BCUT2D eigenvalue weighted by molar-refractivity contribution is 7.89. The Balaban J connectivity index is 1.61. The molecule has 3 aromatic rings. The lowest BCUT2D eigenvalue weighted by Gasteiger charge is -2.28. The molecular formula is C20H23N3O3S. The summed E-state index contributed by atoms with van der Waals surface area (Å²) in [5.41, 5.74) is 3.77. The van der Waals surface area contributed by atoms with Gasteiger partial charge in [0, 0.05) is 23.3 Å². The molecule has 27 heavy (non-hydrogen) atoms. The van der Waals surface area contributed by atoms with Gasteiger partial charge in [-0.1, -0.05) is 25.0 Å². The van der Waals surface area contributed by atoms with Crippen LogP contribution in [-0.4, -0.2) is 35.6 Å². The van der Waals surface area contributed by atoms with Crippen molar-refractivity contribution in [3.8, 4) is 11.1 Å². The van der Waals surface area contributed by atoms with Crippen LogP contribution in [0, 0.1) is 6.92 Å². The maximum absolute atomic E-state index is 12.7. The Bertz CT molecular complexity index is 1060. The molecule has 2 heterocycles. The predicted octanol–water partition coefficient (Wildman–Crippen LogP) is 3.12. The molecule has 0 spiro atoms. The smallest absolute Gasteiger partial charge is 0.240 e. The lowest BCUT2D eigenvalue weighted by atomic mass is 9.93. The third-order valence-corrected chi connectivity index (χ3v) is 6.68. The molecule has 0 bridgehead atoms. The zero-order chi connectivity index (χ0) is 19.0. The fourth-order valence-electron chi connectivity index (χ4n) is 3.74. The maximum Gasteiger partial charge on any atom is 0.240 e. The van der Waals surface area contributed by atoms with E-state index in [2.05, 4.69) is 14.7 Å². The first-order valence-corrected chi connectivity index (χ1v) is 10.7. The van der Waals surface area contributed by atoms with E-state index >= 15 is 0 Å². The number of aliphatic hydroxyl groups excluding tert-OH is 1. The molecule has 0 radical (unpaired) electrons. The van der Waals surface area contributed by atoms with Crippen LogP contribution in [0.25, 0.3) is 22.2 Å².